The molecule has 1 aliphatic heterocycles. The minimum Gasteiger partial charge on any atom is -0.362 e. The molecule has 1 unspecified atom stereocenters. The van der Waals surface area contributed by atoms with Crippen molar-refractivity contribution in [3.05, 3.63) is 0 Å². The first-order valence-corrected chi connectivity index (χ1v) is 4.70. The maximum absolute atomic E-state index is 11.4. The second-order valence-electron chi connectivity index (χ2n) is 3.70. The highest BCUT2D eigenvalue weighted by Gasteiger charge is 2.33. The van der Waals surface area contributed by atoms with Crippen LogP contribution in [0.5, 0.6) is 0 Å². The van der Waals surface area contributed by atoms with E-state index in [9.17, 15) is 9.59 Å². The average molecular weight is 200 g/mol. The first-order chi connectivity index (χ1) is 6.57. The summed E-state index contributed by atoms with van der Waals surface area (Å²) in [5.41, 5.74) is 5.54. The van der Waals surface area contributed by atoms with Crippen LogP contribution in [-0.2, 0) is 14.3 Å². The van der Waals surface area contributed by atoms with Crippen LogP contribution < -0.4 is 5.73 Å². The summed E-state index contributed by atoms with van der Waals surface area (Å²) in [6.07, 6.45) is 0. The van der Waals surface area contributed by atoms with E-state index in [2.05, 4.69) is 0 Å². The van der Waals surface area contributed by atoms with Gasteiger partial charge in [-0.25, -0.2) is 0 Å². The second kappa shape index (κ2) is 4.52. The number of nitrogens with zero attached hydrogens (tertiary/aromatic N) is 1. The Hall–Kier alpha value is -0.940. The van der Waals surface area contributed by atoms with Gasteiger partial charge in [-0.1, -0.05) is 13.8 Å². The molecule has 1 heterocycles. The number of nitrogens with two attached hydrogens (primary N) is 1. The van der Waals surface area contributed by atoms with E-state index in [1.54, 1.807) is 0 Å². The molecule has 2 N–H and O–H groups in total. The van der Waals surface area contributed by atoms with Crippen LogP contribution in [0.25, 0.3) is 0 Å². The summed E-state index contributed by atoms with van der Waals surface area (Å²) in [4.78, 5) is 24.1. The molecule has 1 saturated heterocycles. The van der Waals surface area contributed by atoms with Crippen molar-refractivity contribution >= 4 is 11.8 Å². The monoisotopic (exact) mass is 200 g/mol. The molecule has 0 aliphatic carbocycles. The van der Waals surface area contributed by atoms with Crippen LogP contribution in [0.3, 0.4) is 0 Å². The second-order valence-corrected chi connectivity index (χ2v) is 3.70. The third-order valence-electron chi connectivity index (χ3n) is 2.33. The number of hydrogen-bond donors (Lipinski definition) is 1. The molecule has 2 amide bonds. The van der Waals surface area contributed by atoms with Gasteiger partial charge in [-0.3, -0.25) is 14.5 Å². The molecule has 0 aromatic heterocycles. The Morgan fingerprint density at radius 3 is 2.21 bits per heavy atom. The lowest BCUT2D eigenvalue weighted by atomic mass is 10.0. The van der Waals surface area contributed by atoms with Gasteiger partial charge in [-0.2, -0.15) is 0 Å². The minimum absolute atomic E-state index is 0.0189. The third kappa shape index (κ3) is 2.10. The number of ether oxygens (including phenoxy) is 1. The van der Waals surface area contributed by atoms with Gasteiger partial charge in [-0.05, 0) is 5.92 Å². The van der Waals surface area contributed by atoms with E-state index in [-0.39, 0.29) is 37.0 Å². The van der Waals surface area contributed by atoms with Crippen LogP contribution in [0, 0.1) is 5.92 Å². The molecule has 14 heavy (non-hydrogen) atoms. The normalized spacial score (nSPS) is 20.4. The van der Waals surface area contributed by atoms with Gasteiger partial charge in [0.05, 0.1) is 6.04 Å². The van der Waals surface area contributed by atoms with Gasteiger partial charge in [0.15, 0.2) is 0 Å². The molecule has 0 bridgehead atoms. The van der Waals surface area contributed by atoms with E-state index in [0.29, 0.717) is 6.54 Å². The highest BCUT2D eigenvalue weighted by atomic mass is 16.5. The summed E-state index contributed by atoms with van der Waals surface area (Å²) in [7, 11) is 0. The van der Waals surface area contributed by atoms with Crippen LogP contribution >= 0.6 is 0 Å². The quantitative estimate of drug-likeness (QED) is 0.615. The summed E-state index contributed by atoms with van der Waals surface area (Å²) in [5, 5.41) is 0. The molecular formula is C9H16N2O3. The lowest BCUT2D eigenvalue weighted by Crippen LogP contribution is -2.55. The number of hydrogen-bond acceptors (Lipinski definition) is 4. The van der Waals surface area contributed by atoms with Crippen molar-refractivity contribution in [2.75, 3.05) is 19.8 Å². The van der Waals surface area contributed by atoms with Gasteiger partial charge in [0, 0.05) is 6.54 Å². The molecule has 0 spiro atoms. The molecule has 80 valence electrons. The fourth-order valence-electron chi connectivity index (χ4n) is 1.55. The van der Waals surface area contributed by atoms with Crippen molar-refractivity contribution in [2.24, 2.45) is 11.7 Å². The van der Waals surface area contributed by atoms with Gasteiger partial charge in [0.1, 0.15) is 13.2 Å². The largest absolute Gasteiger partial charge is 0.362 e. The molecule has 1 rings (SSSR count). The van der Waals surface area contributed by atoms with Crippen LogP contribution in [0.15, 0.2) is 0 Å². The van der Waals surface area contributed by atoms with Crippen molar-refractivity contribution in [2.45, 2.75) is 19.9 Å². The van der Waals surface area contributed by atoms with Crippen molar-refractivity contribution < 1.29 is 14.3 Å². The number of amides is 2. The molecule has 0 aromatic rings. The number of imide groups is 1. The van der Waals surface area contributed by atoms with Gasteiger partial charge in [0.2, 0.25) is 0 Å². The predicted octanol–water partition coefficient (Wildman–Crippen LogP) is -0.645. The topological polar surface area (TPSA) is 72.6 Å². The maximum atomic E-state index is 11.4. The fourth-order valence-corrected chi connectivity index (χ4v) is 1.55. The Balaban J connectivity index is 2.80. The van der Waals surface area contributed by atoms with Gasteiger partial charge in [-0.15, -0.1) is 0 Å². The highest BCUT2D eigenvalue weighted by Crippen LogP contribution is 2.13. The zero-order chi connectivity index (χ0) is 10.7. The van der Waals surface area contributed by atoms with Crippen LogP contribution in [0.1, 0.15) is 13.8 Å². The summed E-state index contributed by atoms with van der Waals surface area (Å²) in [6, 6.07) is -0.209. The Morgan fingerprint density at radius 2 is 1.86 bits per heavy atom. The SMILES string of the molecule is CC(C)C(CN)N1C(=O)COCC1=O. The van der Waals surface area contributed by atoms with E-state index in [4.69, 9.17) is 10.5 Å². The van der Waals surface area contributed by atoms with Gasteiger partial charge >= 0.3 is 0 Å². The Labute approximate surface area is 83.2 Å². The molecule has 1 aliphatic rings. The van der Waals surface area contributed by atoms with Gasteiger partial charge < -0.3 is 10.5 Å². The summed E-state index contributed by atoms with van der Waals surface area (Å²) >= 11 is 0. The third-order valence-corrected chi connectivity index (χ3v) is 2.33. The van der Waals surface area contributed by atoms with Gasteiger partial charge in [0.25, 0.3) is 11.8 Å². The predicted molar refractivity (Wildman–Crippen MR) is 50.4 cm³/mol. The molecule has 0 radical (unpaired) electrons. The van der Waals surface area contributed by atoms with Crippen molar-refractivity contribution in [1.29, 1.82) is 0 Å². The number of carbonyl (C=O) groups excluding carboxylic acids is 2. The van der Waals surface area contributed by atoms with Crippen LogP contribution in [0.2, 0.25) is 0 Å². The molecule has 1 fully saturated rings. The number of carbonyl (C=O) groups is 2. The number of morpholine rings is 1. The van der Waals surface area contributed by atoms with E-state index in [0.717, 1.165) is 0 Å². The van der Waals surface area contributed by atoms with Crippen molar-refractivity contribution in [3.63, 3.8) is 0 Å². The first-order valence-electron chi connectivity index (χ1n) is 4.70. The van der Waals surface area contributed by atoms with Crippen LogP contribution in [0.4, 0.5) is 0 Å². The molecular weight excluding hydrogens is 184 g/mol. The van der Waals surface area contributed by atoms with Crippen LogP contribution in [-0.4, -0.2) is 42.5 Å². The van der Waals surface area contributed by atoms with Crippen molar-refractivity contribution in [1.82, 2.24) is 4.90 Å². The average Bonchev–Trinajstić information content (AvgIpc) is 2.10. The molecule has 5 nitrogen and oxygen atoms in total. The highest BCUT2D eigenvalue weighted by molar-refractivity contribution is 5.98. The van der Waals surface area contributed by atoms with Crippen molar-refractivity contribution in [3.8, 4) is 0 Å². The molecule has 0 aromatic carbocycles. The summed E-state index contributed by atoms with van der Waals surface area (Å²) in [5.74, 6) is -0.401. The number of rotatable bonds is 3. The molecule has 5 heteroatoms. The molecule has 1 atom stereocenters. The first kappa shape index (κ1) is 11.1. The van der Waals surface area contributed by atoms with E-state index in [1.165, 1.54) is 4.90 Å². The Kier molecular flexibility index (Phi) is 3.60. The smallest absolute Gasteiger partial charge is 0.255 e. The lowest BCUT2D eigenvalue weighted by molar-refractivity contribution is -0.162. The fraction of sp³-hybridized carbons (Fsp3) is 0.778. The zero-order valence-electron chi connectivity index (χ0n) is 8.53. The zero-order valence-corrected chi connectivity index (χ0v) is 8.53. The Bertz CT molecular complexity index is 224. The van der Waals surface area contributed by atoms with E-state index < -0.39 is 0 Å². The Morgan fingerprint density at radius 1 is 1.36 bits per heavy atom. The standard InChI is InChI=1S/C9H16N2O3/c1-6(2)7(3-10)11-8(12)4-14-5-9(11)13/h6-7H,3-5,10H2,1-2H3. The minimum atomic E-state index is -0.287. The summed E-state index contributed by atoms with van der Waals surface area (Å²) < 4.78 is 4.82. The van der Waals surface area contributed by atoms with E-state index in [1.807, 2.05) is 13.8 Å². The molecule has 0 saturated carbocycles. The van der Waals surface area contributed by atoms with E-state index >= 15 is 0 Å². The maximum Gasteiger partial charge on any atom is 0.255 e. The summed E-state index contributed by atoms with van der Waals surface area (Å²) in [6.45, 7) is 4.14. The lowest BCUT2D eigenvalue weighted by Gasteiger charge is -2.34.